The summed E-state index contributed by atoms with van der Waals surface area (Å²) in [5.41, 5.74) is 2.72. The number of anilines is 1. The van der Waals surface area contributed by atoms with Gasteiger partial charge in [-0.05, 0) is 29.8 Å². The number of rotatable bonds is 4. The van der Waals surface area contributed by atoms with Crippen LogP contribution in [0.2, 0.25) is 0 Å². The van der Waals surface area contributed by atoms with Gasteiger partial charge in [-0.1, -0.05) is 34.1 Å². The lowest BCUT2D eigenvalue weighted by atomic mass is 10.1. The van der Waals surface area contributed by atoms with E-state index in [4.69, 9.17) is 9.47 Å². The molecule has 1 aliphatic heterocycles. The maximum atomic E-state index is 12.2. The van der Waals surface area contributed by atoms with Gasteiger partial charge in [0.25, 0.3) is 0 Å². The fourth-order valence-corrected chi connectivity index (χ4v) is 3.48. The highest BCUT2D eigenvalue weighted by atomic mass is 79.9. The van der Waals surface area contributed by atoms with Gasteiger partial charge in [-0.15, -0.1) is 11.3 Å². The fraction of sp³-hybridized carbons (Fsp3) is 0.111. The first-order valence-electron chi connectivity index (χ1n) is 7.57. The van der Waals surface area contributed by atoms with Gasteiger partial charge in [0, 0.05) is 15.4 Å². The third-order valence-corrected chi connectivity index (χ3v) is 4.98. The van der Waals surface area contributed by atoms with Gasteiger partial charge in [-0.3, -0.25) is 4.79 Å². The molecule has 7 heteroatoms. The highest BCUT2D eigenvalue weighted by molar-refractivity contribution is 9.10. The van der Waals surface area contributed by atoms with Crippen LogP contribution in [0.4, 0.5) is 5.13 Å². The Morgan fingerprint density at radius 2 is 1.96 bits per heavy atom. The van der Waals surface area contributed by atoms with Crippen LogP contribution < -0.4 is 14.8 Å². The standard InChI is InChI=1S/C18H13BrN2O3S/c19-13-4-2-12(3-5-13)14-9-25-18(20-14)21-17(22)8-11-1-6-15-16(7-11)24-10-23-15/h1-7,9H,8,10H2,(H,20,21,22). The number of halogens is 1. The van der Waals surface area contributed by atoms with Crippen LogP contribution in [0.5, 0.6) is 11.5 Å². The van der Waals surface area contributed by atoms with E-state index in [1.165, 1.54) is 11.3 Å². The van der Waals surface area contributed by atoms with Crippen molar-refractivity contribution in [1.29, 1.82) is 0 Å². The highest BCUT2D eigenvalue weighted by Crippen LogP contribution is 2.32. The lowest BCUT2D eigenvalue weighted by Crippen LogP contribution is -2.14. The van der Waals surface area contributed by atoms with Crippen LogP contribution in [-0.4, -0.2) is 17.7 Å². The van der Waals surface area contributed by atoms with Gasteiger partial charge in [-0.2, -0.15) is 0 Å². The van der Waals surface area contributed by atoms with E-state index in [0.29, 0.717) is 16.6 Å². The Bertz CT molecular complexity index is 924. The van der Waals surface area contributed by atoms with Crippen molar-refractivity contribution in [1.82, 2.24) is 4.98 Å². The van der Waals surface area contributed by atoms with Gasteiger partial charge >= 0.3 is 0 Å². The molecule has 0 atom stereocenters. The first-order chi connectivity index (χ1) is 12.2. The largest absolute Gasteiger partial charge is 0.454 e. The van der Waals surface area contributed by atoms with Crippen LogP contribution in [0.1, 0.15) is 5.56 Å². The molecule has 0 spiro atoms. The molecule has 25 heavy (non-hydrogen) atoms. The molecule has 0 saturated carbocycles. The number of thiazole rings is 1. The van der Waals surface area contributed by atoms with Gasteiger partial charge in [-0.25, -0.2) is 4.98 Å². The van der Waals surface area contributed by atoms with E-state index in [0.717, 1.165) is 21.3 Å². The summed E-state index contributed by atoms with van der Waals surface area (Å²) in [6.45, 7) is 0.225. The van der Waals surface area contributed by atoms with Crippen LogP contribution >= 0.6 is 27.3 Å². The number of amides is 1. The normalized spacial score (nSPS) is 12.2. The predicted octanol–water partition coefficient (Wildman–Crippen LogP) is 4.48. The summed E-state index contributed by atoms with van der Waals surface area (Å²) in [4.78, 5) is 16.7. The maximum Gasteiger partial charge on any atom is 0.231 e. The number of benzene rings is 2. The second kappa shape index (κ2) is 6.85. The van der Waals surface area contributed by atoms with E-state index in [2.05, 4.69) is 26.2 Å². The molecule has 1 amide bonds. The van der Waals surface area contributed by atoms with Gasteiger partial charge in [0.05, 0.1) is 12.1 Å². The van der Waals surface area contributed by atoms with Crippen LogP contribution in [0, 0.1) is 0 Å². The zero-order valence-electron chi connectivity index (χ0n) is 13.0. The minimum absolute atomic E-state index is 0.115. The van der Waals surface area contributed by atoms with E-state index in [1.807, 2.05) is 47.8 Å². The van der Waals surface area contributed by atoms with Crippen molar-refractivity contribution in [3.8, 4) is 22.8 Å². The van der Waals surface area contributed by atoms with E-state index in [-0.39, 0.29) is 19.1 Å². The molecule has 0 bridgehead atoms. The Balaban J connectivity index is 1.42. The topological polar surface area (TPSA) is 60.5 Å². The lowest BCUT2D eigenvalue weighted by Gasteiger charge is -2.03. The van der Waals surface area contributed by atoms with E-state index < -0.39 is 0 Å². The predicted molar refractivity (Wildman–Crippen MR) is 100 cm³/mol. The van der Waals surface area contributed by atoms with Crippen molar-refractivity contribution in [2.75, 3.05) is 12.1 Å². The molecular weight excluding hydrogens is 404 g/mol. The second-order valence-electron chi connectivity index (χ2n) is 5.46. The molecule has 0 aliphatic carbocycles. The third kappa shape index (κ3) is 3.67. The molecule has 0 unspecified atom stereocenters. The molecule has 3 aromatic rings. The van der Waals surface area contributed by atoms with Crippen molar-refractivity contribution in [2.45, 2.75) is 6.42 Å². The van der Waals surface area contributed by atoms with Gasteiger partial charge in [0.1, 0.15) is 0 Å². The molecule has 0 radical (unpaired) electrons. The molecule has 2 heterocycles. The molecular formula is C18H13BrN2O3S. The van der Waals surface area contributed by atoms with E-state index >= 15 is 0 Å². The van der Waals surface area contributed by atoms with Gasteiger partial charge in [0.15, 0.2) is 16.6 Å². The zero-order valence-corrected chi connectivity index (χ0v) is 15.4. The van der Waals surface area contributed by atoms with Crippen molar-refractivity contribution < 1.29 is 14.3 Å². The summed E-state index contributed by atoms with van der Waals surface area (Å²) in [5.74, 6) is 1.27. The van der Waals surface area contributed by atoms with Crippen molar-refractivity contribution in [3.63, 3.8) is 0 Å². The molecule has 2 aromatic carbocycles. The number of carbonyl (C=O) groups excluding carboxylic acids is 1. The first-order valence-corrected chi connectivity index (χ1v) is 9.24. The third-order valence-electron chi connectivity index (χ3n) is 3.69. The maximum absolute atomic E-state index is 12.2. The monoisotopic (exact) mass is 416 g/mol. The smallest absolute Gasteiger partial charge is 0.231 e. The summed E-state index contributed by atoms with van der Waals surface area (Å²) in [7, 11) is 0. The summed E-state index contributed by atoms with van der Waals surface area (Å²) in [6.07, 6.45) is 0.254. The summed E-state index contributed by atoms with van der Waals surface area (Å²) in [6, 6.07) is 13.4. The molecule has 1 aliphatic rings. The first kappa shape index (κ1) is 16.1. The minimum atomic E-state index is -0.115. The summed E-state index contributed by atoms with van der Waals surface area (Å²) < 4.78 is 11.6. The van der Waals surface area contributed by atoms with Crippen molar-refractivity contribution in [2.24, 2.45) is 0 Å². The van der Waals surface area contributed by atoms with Gasteiger partial charge < -0.3 is 14.8 Å². The van der Waals surface area contributed by atoms with Crippen molar-refractivity contribution in [3.05, 3.63) is 57.9 Å². The number of carbonyl (C=O) groups is 1. The number of ether oxygens (including phenoxy) is 2. The minimum Gasteiger partial charge on any atom is -0.454 e. The Hall–Kier alpha value is -2.38. The van der Waals surface area contributed by atoms with E-state index in [1.54, 1.807) is 0 Å². The lowest BCUT2D eigenvalue weighted by molar-refractivity contribution is -0.115. The number of hydrogen-bond acceptors (Lipinski definition) is 5. The number of hydrogen-bond donors (Lipinski definition) is 1. The average Bonchev–Trinajstić information content (AvgIpc) is 3.24. The van der Waals surface area contributed by atoms with Crippen LogP contribution in [0.3, 0.4) is 0 Å². The highest BCUT2D eigenvalue weighted by Gasteiger charge is 2.15. The Morgan fingerprint density at radius 3 is 2.80 bits per heavy atom. The molecule has 5 nitrogen and oxygen atoms in total. The molecule has 0 saturated heterocycles. The van der Waals surface area contributed by atoms with Gasteiger partial charge in [0.2, 0.25) is 12.7 Å². The van der Waals surface area contributed by atoms with E-state index in [9.17, 15) is 4.79 Å². The van der Waals surface area contributed by atoms with Crippen molar-refractivity contribution >= 4 is 38.3 Å². The number of nitrogens with zero attached hydrogens (tertiary/aromatic N) is 1. The molecule has 1 aromatic heterocycles. The SMILES string of the molecule is O=C(Cc1ccc2c(c1)OCO2)Nc1nc(-c2ccc(Br)cc2)cs1. The number of aromatic nitrogens is 1. The second-order valence-corrected chi connectivity index (χ2v) is 7.23. The zero-order chi connectivity index (χ0) is 17.2. The van der Waals surface area contributed by atoms with Crippen LogP contribution in [0.25, 0.3) is 11.3 Å². The Morgan fingerprint density at radius 1 is 1.16 bits per heavy atom. The fourth-order valence-electron chi connectivity index (χ4n) is 2.48. The Labute approximate surface area is 156 Å². The Kier molecular flexibility index (Phi) is 4.42. The molecule has 126 valence electrons. The quantitative estimate of drug-likeness (QED) is 0.680. The summed E-state index contributed by atoms with van der Waals surface area (Å²) >= 11 is 4.82. The average molecular weight is 417 g/mol. The number of fused-ring (bicyclic) bond motifs is 1. The van der Waals surface area contributed by atoms with Crippen LogP contribution in [0.15, 0.2) is 52.3 Å². The summed E-state index contributed by atoms with van der Waals surface area (Å²) in [5, 5.41) is 5.36. The molecule has 0 fully saturated rings. The van der Waals surface area contributed by atoms with Crippen LogP contribution in [-0.2, 0) is 11.2 Å². The molecule has 4 rings (SSSR count). The molecule has 1 N–H and O–H groups in total. The number of nitrogens with one attached hydrogen (secondary N) is 1.